The molecule has 3 unspecified atom stereocenters. The number of ether oxygens (including phenoxy) is 1. The van der Waals surface area contributed by atoms with Gasteiger partial charge in [0, 0.05) is 38.1 Å². The summed E-state index contributed by atoms with van der Waals surface area (Å²) < 4.78 is 20.6. The Morgan fingerprint density at radius 1 is 1.64 bits per heavy atom. The molecule has 0 aromatic carbocycles. The molecule has 0 bridgehead atoms. The van der Waals surface area contributed by atoms with E-state index >= 15 is 0 Å². The van der Waals surface area contributed by atoms with Crippen molar-refractivity contribution in [1.82, 2.24) is 0 Å². The van der Waals surface area contributed by atoms with Gasteiger partial charge in [-0.25, -0.2) is 0 Å². The molecule has 3 atom stereocenters. The topological polar surface area (TPSA) is 55.8 Å². The van der Waals surface area contributed by atoms with E-state index in [1.807, 2.05) is 6.26 Å². The number of hydrogen-bond donors (Lipinski definition) is 1. The molecule has 1 N–H and O–H groups in total. The fourth-order valence-corrected chi connectivity index (χ4v) is 2.03. The van der Waals surface area contributed by atoms with Gasteiger partial charge in [0.2, 0.25) is 0 Å². The van der Waals surface area contributed by atoms with Crippen LogP contribution < -0.4 is 0 Å². The minimum atomic E-state index is -3.37. The van der Waals surface area contributed by atoms with Gasteiger partial charge in [0.1, 0.15) is 0 Å². The number of rotatable bonds is 6. The molecule has 85 valence electrons. The van der Waals surface area contributed by atoms with E-state index in [0.29, 0.717) is 0 Å². The summed E-state index contributed by atoms with van der Waals surface area (Å²) in [6.45, 7) is 1.31. The summed E-state index contributed by atoms with van der Waals surface area (Å²) in [5.74, 6) is 4.58. The van der Waals surface area contributed by atoms with Crippen LogP contribution in [0, 0.1) is 0 Å². The molecule has 7 heteroatoms. The van der Waals surface area contributed by atoms with E-state index in [2.05, 4.69) is 5.87 Å². The molecule has 0 rings (SSSR count). The third-order valence-corrected chi connectivity index (χ3v) is 2.87. The van der Waals surface area contributed by atoms with Crippen molar-refractivity contribution < 1.29 is 37.3 Å². The Morgan fingerprint density at radius 3 is 2.43 bits per heavy atom. The largest absolute Gasteiger partial charge is 0.378 e. The van der Waals surface area contributed by atoms with E-state index in [-0.39, 0.29) is 41.8 Å². The van der Waals surface area contributed by atoms with Crippen molar-refractivity contribution >= 4 is 24.0 Å². The van der Waals surface area contributed by atoms with Gasteiger partial charge < -0.3 is 14.2 Å². The molecule has 0 fully saturated rings. The first-order valence-corrected chi connectivity index (χ1v) is 7.74. The van der Waals surface area contributed by atoms with Crippen LogP contribution in [0.5, 0.6) is 0 Å². The Kier molecular flexibility index (Phi) is 10.0. The molecule has 0 aromatic heterocycles. The first-order chi connectivity index (χ1) is 5.85. The van der Waals surface area contributed by atoms with Gasteiger partial charge in [-0.3, -0.25) is 4.57 Å². The van der Waals surface area contributed by atoms with E-state index < -0.39 is 7.60 Å². The summed E-state index contributed by atoms with van der Waals surface area (Å²) >= 11 is 0. The molecule has 0 amide bonds. The Morgan fingerprint density at radius 2 is 2.14 bits per heavy atom. The average Bonchev–Trinajstić information content (AvgIpc) is 1.95. The molecule has 14 heavy (non-hydrogen) atoms. The van der Waals surface area contributed by atoms with Gasteiger partial charge in [-0.05, 0) is 6.26 Å². The molecule has 0 aliphatic carbocycles. The van der Waals surface area contributed by atoms with Crippen LogP contribution in [-0.2, 0) is 32.4 Å². The molecule has 0 heterocycles. The predicted molar refractivity (Wildman–Crippen MR) is 58.0 cm³/mol. The van der Waals surface area contributed by atoms with Gasteiger partial charge >= 0.3 is 7.60 Å². The van der Waals surface area contributed by atoms with Crippen molar-refractivity contribution in [3.8, 4) is 0 Å². The van der Waals surface area contributed by atoms with Gasteiger partial charge in [-0.2, -0.15) is 10.5 Å². The minimum Gasteiger partial charge on any atom is -0.378 e. The van der Waals surface area contributed by atoms with Crippen molar-refractivity contribution in [3.05, 3.63) is 0 Å². The molecule has 0 spiro atoms. The van der Waals surface area contributed by atoms with Crippen molar-refractivity contribution in [2.45, 2.75) is 6.10 Å². The van der Waals surface area contributed by atoms with Crippen molar-refractivity contribution in [1.29, 1.82) is 0 Å². The van der Waals surface area contributed by atoms with Crippen LogP contribution in [-0.4, -0.2) is 49.3 Å². The smallest absolute Gasteiger partial charge is 0.325 e. The van der Waals surface area contributed by atoms with E-state index in [4.69, 9.17) is 14.2 Å². The molecule has 4 nitrogen and oxygen atoms in total. The summed E-state index contributed by atoms with van der Waals surface area (Å²) in [6, 6.07) is 0. The Balaban J connectivity index is 0. The van der Waals surface area contributed by atoms with Gasteiger partial charge in [0.05, 0.1) is 12.7 Å². The second kappa shape index (κ2) is 8.11. The van der Waals surface area contributed by atoms with E-state index in [1.54, 1.807) is 7.11 Å². The van der Waals surface area contributed by atoms with Crippen LogP contribution >= 0.6 is 18.1 Å². The standard InChI is InChI=1S/C7H17O4PS.V/c1-10-7(6-13(3)4)5-11-12(2,8)9;/h7H,3,5-6H2,1-2,4H3,(H,8,9);. The van der Waals surface area contributed by atoms with Crippen LogP contribution in [0.1, 0.15) is 0 Å². The zero-order chi connectivity index (χ0) is 10.5. The van der Waals surface area contributed by atoms with E-state index in [1.165, 1.54) is 0 Å². The van der Waals surface area contributed by atoms with Crippen LogP contribution in [0.15, 0.2) is 0 Å². The van der Waals surface area contributed by atoms with Gasteiger partial charge in [-0.15, -0.1) is 0 Å². The first-order valence-electron chi connectivity index (χ1n) is 3.75. The average molecular weight is 279 g/mol. The van der Waals surface area contributed by atoms with Crippen LogP contribution in [0.2, 0.25) is 0 Å². The van der Waals surface area contributed by atoms with Crippen LogP contribution in [0.4, 0.5) is 0 Å². The third-order valence-electron chi connectivity index (χ3n) is 1.30. The van der Waals surface area contributed by atoms with Crippen molar-refractivity contribution in [2.75, 3.05) is 32.4 Å². The molecule has 0 aliphatic heterocycles. The quantitative estimate of drug-likeness (QED) is 0.585. The number of hydrogen-bond acceptors (Lipinski definition) is 3. The predicted octanol–water partition coefficient (Wildman–Crippen LogP) is 1.16. The van der Waals surface area contributed by atoms with Gasteiger partial charge in [-0.1, -0.05) is 5.87 Å². The van der Waals surface area contributed by atoms with Crippen LogP contribution in [0.3, 0.4) is 0 Å². The number of methoxy groups -OCH3 is 1. The summed E-state index contributed by atoms with van der Waals surface area (Å²) in [6.07, 6.45) is 1.84. The van der Waals surface area contributed by atoms with Crippen LogP contribution in [0.25, 0.3) is 0 Å². The minimum absolute atomic E-state index is 0. The van der Waals surface area contributed by atoms with Crippen molar-refractivity contribution in [2.24, 2.45) is 0 Å². The zero-order valence-electron chi connectivity index (χ0n) is 8.67. The fraction of sp³-hybridized carbons (Fsp3) is 0.857. The Labute approximate surface area is 99.7 Å². The molecular weight excluding hydrogens is 262 g/mol. The maximum absolute atomic E-state index is 10.8. The van der Waals surface area contributed by atoms with Gasteiger partial charge in [0.25, 0.3) is 0 Å². The molecule has 0 saturated carbocycles. The normalized spacial score (nSPS) is 19.1. The van der Waals surface area contributed by atoms with E-state index in [9.17, 15) is 4.57 Å². The summed E-state index contributed by atoms with van der Waals surface area (Å²) in [4.78, 5) is 8.86. The SMILES string of the molecule is C=S(C)CC(COP(C)(=O)O)OC.[V]. The molecule has 0 aromatic rings. The molecule has 0 saturated heterocycles. The summed E-state index contributed by atoms with van der Waals surface area (Å²) in [5.41, 5.74) is 0. The molecule has 0 aliphatic rings. The second-order valence-electron chi connectivity index (χ2n) is 2.90. The molecular formula is C7H17O4PSV. The Hall–Kier alpha value is 0.914. The van der Waals surface area contributed by atoms with E-state index in [0.717, 1.165) is 12.4 Å². The molecule has 1 radical (unpaired) electrons. The maximum Gasteiger partial charge on any atom is 0.325 e. The second-order valence-corrected chi connectivity index (χ2v) is 6.67. The van der Waals surface area contributed by atoms with Gasteiger partial charge in [0.15, 0.2) is 0 Å². The summed E-state index contributed by atoms with van der Waals surface area (Å²) in [5, 5.41) is 0. The first kappa shape index (κ1) is 17.3. The van der Waals surface area contributed by atoms with Crippen molar-refractivity contribution in [3.63, 3.8) is 0 Å². The fourth-order valence-electron chi connectivity index (χ4n) is 0.723. The zero-order valence-corrected chi connectivity index (χ0v) is 11.8. The third kappa shape index (κ3) is 11.0. The maximum atomic E-state index is 10.8. The Bertz CT molecular complexity index is 218. The summed E-state index contributed by atoms with van der Waals surface area (Å²) in [7, 11) is -1.82. The monoisotopic (exact) mass is 279 g/mol.